The Morgan fingerprint density at radius 2 is 0.719 bits per heavy atom. The molecule has 37 nitrogen and oxygen atoms in total. The summed E-state index contributed by atoms with van der Waals surface area (Å²) in [5.74, 6) is 0.335. The number of fused-ring (bicyclic) bond motifs is 6. The van der Waals surface area contributed by atoms with Crippen molar-refractivity contribution in [2.75, 3.05) is 0 Å². The highest BCUT2D eigenvalue weighted by molar-refractivity contribution is 9.11. The van der Waals surface area contributed by atoms with E-state index in [9.17, 15) is 109 Å². The SMILES string of the molecule is CC(C)(C)OC(=O)Cc1cc([N+](=O)[O-])ccc1F.CC(C)(C)OC(=O)Cc1cc([N+](=O)[O-])ccc1Oc1ccccc1Br.CC1=Cc2cc([N+](=O)[O-])ccc2Oc2c(Br)cccc21.O=C(O)Cc1cc([N+](=O)[O-])ccc1F.O=C(O)Cc1cc([N+](=O)[O-])ccc1Oc1ccccc1Br.O=C1Cc2cc([N+](=O)[O-])ccc2Oc2c(Br)cccc21.O=[N+]([O-])c1ccc2c(c1)CC(O)c1cccc(Br)c1O2.Oc1ccccc1Br. The summed E-state index contributed by atoms with van der Waals surface area (Å²) in [6.07, 6.45) is 0.130. The first-order valence-electron chi connectivity index (χ1n) is 42.5. The van der Waals surface area contributed by atoms with Crippen molar-refractivity contribution in [2.24, 2.45) is 0 Å². The van der Waals surface area contributed by atoms with E-state index < -0.39 is 93.7 Å². The average Bonchev–Trinajstić information content (AvgIpc) is 1.65. The number of aliphatic hydroxyl groups excluding tert-OH is 1. The van der Waals surface area contributed by atoms with Gasteiger partial charge in [-0.05, 0) is 259 Å². The Morgan fingerprint density at radius 3 is 1.16 bits per heavy atom. The van der Waals surface area contributed by atoms with Gasteiger partial charge in [-0.2, -0.15) is 0 Å². The number of phenols is 1. The molecule has 3 aliphatic rings. The molecule has 1 unspecified atom stereocenters. The second-order valence-electron chi connectivity index (χ2n) is 32.8. The van der Waals surface area contributed by atoms with Crippen LogP contribution in [0.5, 0.6) is 63.2 Å². The number of allylic oxidation sites excluding steroid dienone is 1. The number of hydrogen-bond donors (Lipinski definition) is 4. The molecule has 0 bridgehead atoms. The lowest BCUT2D eigenvalue weighted by Gasteiger charge is -2.20. The van der Waals surface area contributed by atoms with Crippen LogP contribution in [-0.2, 0) is 67.2 Å². The number of phenolic OH excluding ortho intramolecular Hbond substituents is 1. The van der Waals surface area contributed by atoms with E-state index in [1.54, 1.807) is 126 Å². The van der Waals surface area contributed by atoms with Crippen LogP contribution in [0, 0.1) is 82.4 Å². The lowest BCUT2D eigenvalue weighted by molar-refractivity contribution is -0.385. The second-order valence-corrected chi connectivity index (χ2v) is 37.9. The third-order valence-corrected chi connectivity index (χ3v) is 23.5. The molecule has 45 heteroatoms. The number of carboxylic acid groups (broad SMARTS) is 2. The van der Waals surface area contributed by atoms with Crippen molar-refractivity contribution < 1.29 is 121 Å². The number of esters is 2. The molecule has 0 saturated heterocycles. The van der Waals surface area contributed by atoms with E-state index in [1.807, 2.05) is 67.6 Å². The van der Waals surface area contributed by atoms with Crippen LogP contribution in [0.3, 0.4) is 0 Å². The number of nitro benzene ring substituents is 7. The number of ether oxygens (including phenoxy) is 7. The zero-order valence-corrected chi connectivity index (χ0v) is 86.7. The van der Waals surface area contributed by atoms with Gasteiger partial charge in [0.25, 0.3) is 39.8 Å². The standard InChI is InChI=1S/C18H18BrNO5.C15H10BrNO3.C14H10BrNO5.C14H10BrNO4.C14H8BrNO4.C12H14FNO4.C8H6FNO4.C6H5BrO/c1-18(2,3)25-17(21)11-12-10-13(20(22)23)8-9-15(12)24-16-7-5-4-6-14(16)19;1-9-7-10-8-11(17(18)19)5-6-14(10)20-15-12(9)3-2-4-13(15)16;15-11-3-1-2-4-13(11)21-12-6-5-10(16(19)20)7-9(12)8-14(17)18;2*15-11-3-1-2-10-12(17)7-8-6-9(16(18)19)4-5-13(8)20-14(10)11;1-12(2,3)18-11(15)7-8-6-9(14(16)17)4-5-10(8)13;9-7-2-1-6(10(13)14)3-5(7)4-8(11)12;7-5-3-1-2-4-6(5)8/h4-10H,11H2,1-3H3;2-8H,1H3;1-7H,8H2,(H,17,18);1-6,12,17H,7H2;1-6H,7H2;4-6H,7H2,1-3H3;1-3H,4H2,(H,11,12);1-4,8H. The van der Waals surface area contributed by atoms with Crippen molar-refractivity contribution in [3.63, 3.8) is 0 Å². The van der Waals surface area contributed by atoms with E-state index in [4.69, 9.17) is 48.5 Å². The summed E-state index contributed by atoms with van der Waals surface area (Å²) in [5.41, 5.74) is 3.18. The van der Waals surface area contributed by atoms with E-state index >= 15 is 0 Å². The number of ketones is 1. The van der Waals surface area contributed by atoms with Crippen LogP contribution >= 0.6 is 95.6 Å². The van der Waals surface area contributed by atoms with Gasteiger partial charge < -0.3 is 53.6 Å². The van der Waals surface area contributed by atoms with Crippen LogP contribution in [0.1, 0.15) is 115 Å². The normalized spacial score (nSPS) is 11.9. The Balaban J connectivity index is 0.000000188. The third-order valence-electron chi connectivity index (χ3n) is 19.7. The summed E-state index contributed by atoms with van der Waals surface area (Å²) in [6.45, 7) is 12.3. The Kier molecular flexibility index (Phi) is 40.7. The lowest BCUT2D eigenvalue weighted by Crippen LogP contribution is -2.25. The van der Waals surface area contributed by atoms with Gasteiger partial charge in [0.15, 0.2) is 11.5 Å². The zero-order valence-electron chi connectivity index (χ0n) is 77.2. The second kappa shape index (κ2) is 52.1. The number of rotatable bonds is 19. The fourth-order valence-corrected chi connectivity index (χ4v) is 15.6. The molecule has 13 aromatic rings. The molecule has 0 spiro atoms. The molecule has 0 saturated carbocycles. The molecule has 4 N–H and O–H groups in total. The molecule has 16 rings (SSSR count). The van der Waals surface area contributed by atoms with Gasteiger partial charge >= 0.3 is 23.9 Å². The van der Waals surface area contributed by atoms with Gasteiger partial charge in [0, 0.05) is 148 Å². The first-order valence-corrected chi connectivity index (χ1v) is 47.2. The van der Waals surface area contributed by atoms with Gasteiger partial charge in [-0.15, -0.1) is 0 Å². The van der Waals surface area contributed by atoms with Crippen molar-refractivity contribution in [3.05, 3.63) is 420 Å². The fourth-order valence-electron chi connectivity index (χ4n) is 13.2. The topological polar surface area (TPSA) is 533 Å². The van der Waals surface area contributed by atoms with Crippen LogP contribution in [0.2, 0.25) is 0 Å². The lowest BCUT2D eigenvalue weighted by atomic mass is 10.0. The van der Waals surface area contributed by atoms with Gasteiger partial charge in [-0.25, -0.2) is 8.78 Å². The minimum absolute atomic E-state index is 0.00966. The van der Waals surface area contributed by atoms with Crippen LogP contribution in [-0.4, -0.2) is 95.8 Å². The Morgan fingerprint density at radius 1 is 0.384 bits per heavy atom. The van der Waals surface area contributed by atoms with E-state index in [1.165, 1.54) is 78.9 Å². The summed E-state index contributed by atoms with van der Waals surface area (Å²) in [4.78, 5) is 128. The molecule has 3 heterocycles. The highest BCUT2D eigenvalue weighted by atomic mass is 79.9. The molecule has 0 radical (unpaired) electrons. The summed E-state index contributed by atoms with van der Waals surface area (Å²) in [6, 6.07) is 64.9. The maximum Gasteiger partial charge on any atom is 0.310 e. The average molecular weight is 2390 g/mol. The summed E-state index contributed by atoms with van der Waals surface area (Å²) in [7, 11) is 0. The van der Waals surface area contributed by atoms with Crippen LogP contribution in [0.4, 0.5) is 48.6 Å². The maximum absolute atomic E-state index is 13.4. The minimum atomic E-state index is -1.23. The van der Waals surface area contributed by atoms with E-state index in [2.05, 4.69) is 95.6 Å². The number of para-hydroxylation sites is 6. The number of Topliss-reactive ketones (excluding diaryl/α,β-unsaturated/α-hetero) is 1. The van der Waals surface area contributed by atoms with Crippen LogP contribution in [0.15, 0.2) is 282 Å². The van der Waals surface area contributed by atoms with Crippen molar-refractivity contribution >= 4 is 177 Å². The third kappa shape index (κ3) is 33.8. The van der Waals surface area contributed by atoms with Gasteiger partial charge in [-0.3, -0.25) is 94.8 Å². The highest BCUT2D eigenvalue weighted by Crippen LogP contribution is 2.47. The summed E-state index contributed by atoms with van der Waals surface area (Å²) in [5, 5.41) is 112. The molecule has 146 heavy (non-hydrogen) atoms. The van der Waals surface area contributed by atoms with Crippen LogP contribution in [0.25, 0.3) is 11.6 Å². The van der Waals surface area contributed by atoms with Gasteiger partial charge in [0.1, 0.15) is 80.3 Å². The number of non-ortho nitro benzene ring substituents is 7. The molecule has 3 aliphatic heterocycles. The van der Waals surface area contributed by atoms with Gasteiger partial charge in [-0.1, -0.05) is 66.7 Å². The highest BCUT2D eigenvalue weighted by Gasteiger charge is 2.30. The minimum Gasteiger partial charge on any atom is -0.507 e. The van der Waals surface area contributed by atoms with Crippen molar-refractivity contribution in [1.82, 2.24) is 0 Å². The number of carbonyl (C=O) groups excluding carboxylic acids is 3. The summed E-state index contributed by atoms with van der Waals surface area (Å²) >= 11 is 20.1. The predicted molar refractivity (Wildman–Crippen MR) is 550 cm³/mol. The number of carbonyl (C=O) groups is 5. The molecule has 0 amide bonds. The molecule has 0 aliphatic carbocycles. The van der Waals surface area contributed by atoms with E-state index in [-0.39, 0.29) is 106 Å². The number of halogens is 8. The molecule has 0 fully saturated rings. The smallest absolute Gasteiger partial charge is 0.310 e. The number of carboxylic acids is 2. The molecular weight excluding hydrogens is 2310 g/mol. The Bertz CT molecular complexity index is 7190. The molecule has 0 aromatic heterocycles. The van der Waals surface area contributed by atoms with Gasteiger partial charge in [0.2, 0.25) is 0 Å². The number of aliphatic hydroxyl groups is 1. The van der Waals surface area contributed by atoms with Crippen molar-refractivity contribution in [3.8, 4) is 63.2 Å². The molecule has 1 atom stereocenters. The van der Waals surface area contributed by atoms with Gasteiger partial charge in [0.05, 0.1) is 98.7 Å². The predicted octanol–water partition coefficient (Wildman–Crippen LogP) is 27.6. The largest absolute Gasteiger partial charge is 0.507 e. The summed E-state index contributed by atoms with van der Waals surface area (Å²) < 4.78 is 70.0. The molecule has 756 valence electrons. The number of hydrogen-bond acceptors (Lipinski definition) is 28. The van der Waals surface area contributed by atoms with Crippen molar-refractivity contribution in [2.45, 2.75) is 104 Å². The van der Waals surface area contributed by atoms with E-state index in [0.717, 1.165) is 71.2 Å². The Hall–Kier alpha value is -15.6. The Labute approximate surface area is 878 Å². The zero-order chi connectivity index (χ0) is 107. The number of aliphatic carboxylic acids is 2. The van der Waals surface area contributed by atoms with Crippen molar-refractivity contribution in [1.29, 1.82) is 0 Å². The molecular formula is C101H81Br6F2N7O30. The number of nitrogens with zero attached hydrogens (tertiary/aromatic N) is 7. The number of benzene rings is 13. The number of aromatic hydroxyl groups is 1. The monoisotopic (exact) mass is 2380 g/mol. The van der Waals surface area contributed by atoms with E-state index in [0.29, 0.717) is 88.3 Å². The first kappa shape index (κ1) is 114. The maximum atomic E-state index is 13.4. The quantitative estimate of drug-likeness (QED) is 0.0332. The molecule has 13 aromatic carbocycles. The van der Waals surface area contributed by atoms with Crippen LogP contribution < -0.4 is 23.7 Å². The number of nitro groups is 7. The fraction of sp³-hybridized carbons (Fsp3) is 0.158. The first-order chi connectivity index (χ1) is 68.8.